The van der Waals surface area contributed by atoms with Gasteiger partial charge >= 0.3 is 0 Å². The second-order valence-electron chi connectivity index (χ2n) is 7.77. The van der Waals surface area contributed by atoms with E-state index >= 15 is 0 Å². The van der Waals surface area contributed by atoms with E-state index in [9.17, 15) is 4.79 Å². The van der Waals surface area contributed by atoms with Crippen molar-refractivity contribution in [2.75, 3.05) is 18.0 Å². The van der Waals surface area contributed by atoms with Gasteiger partial charge in [0, 0.05) is 24.3 Å². The van der Waals surface area contributed by atoms with Crippen LogP contribution in [0.5, 0.6) is 0 Å². The lowest BCUT2D eigenvalue weighted by molar-refractivity contribution is 0.0939. The van der Waals surface area contributed by atoms with Gasteiger partial charge in [-0.15, -0.1) is 0 Å². The highest BCUT2D eigenvalue weighted by atomic mass is 16.1. The maximum atomic E-state index is 12.6. The molecule has 0 saturated carbocycles. The Morgan fingerprint density at radius 1 is 1.08 bits per heavy atom. The molecule has 1 heterocycles. The summed E-state index contributed by atoms with van der Waals surface area (Å²) in [6.07, 6.45) is 2.54. The fourth-order valence-electron chi connectivity index (χ4n) is 3.67. The van der Waals surface area contributed by atoms with Crippen LogP contribution >= 0.6 is 0 Å². The van der Waals surface area contributed by atoms with Gasteiger partial charge in [0.05, 0.1) is 6.04 Å². The number of amides is 1. The number of benzene rings is 2. The first kappa shape index (κ1) is 18.5. The molecule has 1 N–H and O–H groups in total. The van der Waals surface area contributed by atoms with E-state index in [1.165, 1.54) is 24.1 Å². The number of rotatable bonds is 4. The number of piperidine rings is 1. The van der Waals surface area contributed by atoms with Crippen LogP contribution in [-0.4, -0.2) is 19.0 Å². The van der Waals surface area contributed by atoms with E-state index in [1.54, 1.807) is 0 Å². The molecule has 26 heavy (non-hydrogen) atoms. The highest BCUT2D eigenvalue weighted by Gasteiger charge is 2.17. The molecule has 0 unspecified atom stereocenters. The predicted molar refractivity (Wildman–Crippen MR) is 109 cm³/mol. The van der Waals surface area contributed by atoms with Crippen molar-refractivity contribution >= 4 is 11.6 Å². The van der Waals surface area contributed by atoms with Crippen molar-refractivity contribution in [1.29, 1.82) is 0 Å². The van der Waals surface area contributed by atoms with Crippen molar-refractivity contribution < 1.29 is 4.79 Å². The van der Waals surface area contributed by atoms with E-state index in [4.69, 9.17) is 0 Å². The summed E-state index contributed by atoms with van der Waals surface area (Å²) in [5.74, 6) is 0.829. The maximum absolute atomic E-state index is 12.6. The van der Waals surface area contributed by atoms with E-state index in [0.717, 1.165) is 35.7 Å². The summed E-state index contributed by atoms with van der Waals surface area (Å²) < 4.78 is 0. The third-order valence-electron chi connectivity index (χ3n) is 5.52. The Morgan fingerprint density at radius 2 is 1.73 bits per heavy atom. The normalized spacial score (nSPS) is 16.4. The molecule has 0 aromatic heterocycles. The average Bonchev–Trinajstić information content (AvgIpc) is 2.62. The SMILES string of the molecule is Cc1ccc(C(=O)N[C@H](C)c2ccc(N3CCC(C)CC3)cc2)c(C)c1. The first-order valence-electron chi connectivity index (χ1n) is 9.67. The Balaban J connectivity index is 1.64. The third kappa shape index (κ3) is 4.27. The molecular formula is C23H30N2O. The predicted octanol–water partition coefficient (Wildman–Crippen LogP) is 5.03. The van der Waals surface area contributed by atoms with Gasteiger partial charge in [0.15, 0.2) is 0 Å². The van der Waals surface area contributed by atoms with Crippen LogP contribution < -0.4 is 10.2 Å². The first-order chi connectivity index (χ1) is 12.4. The van der Waals surface area contributed by atoms with Crippen LogP contribution in [0.1, 0.15) is 59.8 Å². The van der Waals surface area contributed by atoms with Crippen LogP contribution in [0.3, 0.4) is 0 Å². The summed E-state index contributed by atoms with van der Waals surface area (Å²) in [4.78, 5) is 15.0. The zero-order valence-electron chi connectivity index (χ0n) is 16.4. The van der Waals surface area contributed by atoms with Gasteiger partial charge in [-0.25, -0.2) is 0 Å². The summed E-state index contributed by atoms with van der Waals surface area (Å²) >= 11 is 0. The van der Waals surface area contributed by atoms with Crippen molar-refractivity contribution in [3.05, 3.63) is 64.7 Å². The molecule has 1 aliphatic rings. The summed E-state index contributed by atoms with van der Waals surface area (Å²) in [7, 11) is 0. The number of hydrogen-bond donors (Lipinski definition) is 1. The average molecular weight is 351 g/mol. The van der Waals surface area contributed by atoms with Crippen molar-refractivity contribution in [2.45, 2.75) is 46.6 Å². The standard InChI is InChI=1S/C23H30N2O/c1-16-11-13-25(14-12-16)21-8-6-20(7-9-21)19(4)24-23(26)22-10-5-17(2)15-18(22)3/h5-10,15-16,19H,11-14H2,1-4H3,(H,24,26)/t19-/m1/s1. The Morgan fingerprint density at radius 3 is 2.35 bits per heavy atom. The molecule has 1 aliphatic heterocycles. The number of hydrogen-bond acceptors (Lipinski definition) is 2. The van der Waals surface area contributed by atoms with Crippen LogP contribution in [0.2, 0.25) is 0 Å². The quantitative estimate of drug-likeness (QED) is 0.839. The van der Waals surface area contributed by atoms with Gasteiger partial charge in [0.2, 0.25) is 0 Å². The lowest BCUT2D eigenvalue weighted by atomic mass is 9.98. The minimum Gasteiger partial charge on any atom is -0.372 e. The maximum Gasteiger partial charge on any atom is 0.252 e. The molecule has 0 spiro atoms. The number of nitrogens with zero attached hydrogens (tertiary/aromatic N) is 1. The molecule has 0 radical (unpaired) electrons. The Kier molecular flexibility index (Phi) is 5.65. The lowest BCUT2D eigenvalue weighted by Crippen LogP contribution is -2.32. The Bertz CT molecular complexity index is 758. The fourth-order valence-corrected chi connectivity index (χ4v) is 3.67. The monoisotopic (exact) mass is 350 g/mol. The molecule has 1 amide bonds. The van der Waals surface area contributed by atoms with E-state index in [-0.39, 0.29) is 11.9 Å². The van der Waals surface area contributed by atoms with Gasteiger partial charge in [-0.05, 0) is 68.9 Å². The summed E-state index contributed by atoms with van der Waals surface area (Å²) in [6.45, 7) is 10.7. The van der Waals surface area contributed by atoms with Gasteiger partial charge < -0.3 is 10.2 Å². The van der Waals surface area contributed by atoms with Crippen LogP contribution in [0, 0.1) is 19.8 Å². The van der Waals surface area contributed by atoms with Gasteiger partial charge in [-0.3, -0.25) is 4.79 Å². The van der Waals surface area contributed by atoms with Crippen molar-refractivity contribution in [2.24, 2.45) is 5.92 Å². The minimum absolute atomic E-state index is 0.0101. The molecule has 3 nitrogen and oxygen atoms in total. The molecule has 138 valence electrons. The highest BCUT2D eigenvalue weighted by molar-refractivity contribution is 5.95. The van der Waals surface area contributed by atoms with Gasteiger partial charge in [0.1, 0.15) is 0 Å². The zero-order chi connectivity index (χ0) is 18.7. The van der Waals surface area contributed by atoms with Gasteiger partial charge in [0.25, 0.3) is 5.91 Å². The number of anilines is 1. The molecule has 2 aromatic carbocycles. The summed E-state index contributed by atoms with van der Waals surface area (Å²) in [5, 5.41) is 3.13. The number of nitrogens with one attached hydrogen (secondary N) is 1. The molecule has 0 aliphatic carbocycles. The number of aryl methyl sites for hydroxylation is 2. The molecule has 3 rings (SSSR count). The van der Waals surface area contributed by atoms with E-state index in [2.05, 4.69) is 41.4 Å². The second-order valence-corrected chi connectivity index (χ2v) is 7.77. The van der Waals surface area contributed by atoms with Crippen molar-refractivity contribution in [3.8, 4) is 0 Å². The van der Waals surface area contributed by atoms with Crippen LogP contribution in [0.15, 0.2) is 42.5 Å². The van der Waals surface area contributed by atoms with Crippen LogP contribution in [-0.2, 0) is 0 Å². The van der Waals surface area contributed by atoms with E-state index in [0.29, 0.717) is 0 Å². The molecule has 1 fully saturated rings. The van der Waals surface area contributed by atoms with Crippen LogP contribution in [0.25, 0.3) is 0 Å². The first-order valence-corrected chi connectivity index (χ1v) is 9.67. The molecule has 1 saturated heterocycles. The molecule has 2 aromatic rings. The number of carbonyl (C=O) groups excluding carboxylic acids is 1. The smallest absolute Gasteiger partial charge is 0.252 e. The van der Waals surface area contributed by atoms with Crippen molar-refractivity contribution in [3.63, 3.8) is 0 Å². The topological polar surface area (TPSA) is 32.3 Å². The molecular weight excluding hydrogens is 320 g/mol. The molecule has 3 heteroatoms. The highest BCUT2D eigenvalue weighted by Crippen LogP contribution is 2.25. The Labute approximate surface area is 157 Å². The van der Waals surface area contributed by atoms with E-state index in [1.807, 2.05) is 39.0 Å². The molecule has 0 bridgehead atoms. The van der Waals surface area contributed by atoms with Crippen molar-refractivity contribution in [1.82, 2.24) is 5.32 Å². The van der Waals surface area contributed by atoms with E-state index < -0.39 is 0 Å². The van der Waals surface area contributed by atoms with Gasteiger partial charge in [-0.2, -0.15) is 0 Å². The second kappa shape index (κ2) is 7.94. The van der Waals surface area contributed by atoms with Crippen LogP contribution in [0.4, 0.5) is 5.69 Å². The largest absolute Gasteiger partial charge is 0.372 e. The zero-order valence-corrected chi connectivity index (χ0v) is 16.4. The summed E-state index contributed by atoms with van der Waals surface area (Å²) in [6, 6.07) is 14.6. The summed E-state index contributed by atoms with van der Waals surface area (Å²) in [5.41, 5.74) is 5.37. The van der Waals surface area contributed by atoms with Gasteiger partial charge in [-0.1, -0.05) is 36.8 Å². The minimum atomic E-state index is -0.0152. The molecule has 1 atom stereocenters. The fraction of sp³-hybridized carbons (Fsp3) is 0.435. The third-order valence-corrected chi connectivity index (χ3v) is 5.52. The Hall–Kier alpha value is -2.29. The number of carbonyl (C=O) groups is 1. The lowest BCUT2D eigenvalue weighted by Gasteiger charge is -2.32.